The average molecular weight is 363 g/mol. The van der Waals surface area contributed by atoms with E-state index in [0.717, 1.165) is 16.8 Å². The molecule has 0 fully saturated rings. The quantitative estimate of drug-likeness (QED) is 0.534. The Labute approximate surface area is 156 Å². The normalized spacial score (nSPS) is 12.1. The van der Waals surface area contributed by atoms with E-state index in [0.29, 0.717) is 5.69 Å². The van der Waals surface area contributed by atoms with Crippen LogP contribution in [0.2, 0.25) is 0 Å². The Kier molecular flexibility index (Phi) is 5.61. The van der Waals surface area contributed by atoms with Crippen LogP contribution >= 0.6 is 0 Å². The van der Waals surface area contributed by atoms with Crippen LogP contribution in [-0.2, 0) is 14.3 Å². The van der Waals surface area contributed by atoms with Gasteiger partial charge in [-0.2, -0.15) is 0 Å². The number of ether oxygens (including phenoxy) is 1. The number of hydrogen-bond donors (Lipinski definition) is 1. The minimum Gasteiger partial charge on any atom is -0.449 e. The Bertz CT molecular complexity index is 1010. The summed E-state index contributed by atoms with van der Waals surface area (Å²) in [5.41, 5.74) is 0.908. The van der Waals surface area contributed by atoms with E-state index in [4.69, 9.17) is 4.74 Å². The van der Waals surface area contributed by atoms with Crippen molar-refractivity contribution in [1.29, 1.82) is 0 Å². The number of amides is 1. The average Bonchev–Trinajstić information content (AvgIpc) is 2.67. The van der Waals surface area contributed by atoms with Crippen molar-refractivity contribution in [3.63, 3.8) is 0 Å². The van der Waals surface area contributed by atoms with Crippen LogP contribution in [0.15, 0.2) is 72.8 Å². The van der Waals surface area contributed by atoms with Gasteiger partial charge >= 0.3 is 5.97 Å². The third kappa shape index (κ3) is 4.58. The third-order valence-corrected chi connectivity index (χ3v) is 4.01. The van der Waals surface area contributed by atoms with Crippen molar-refractivity contribution in [3.05, 3.63) is 84.2 Å². The van der Waals surface area contributed by atoms with Gasteiger partial charge in [0.25, 0.3) is 5.91 Å². The molecular formula is C22H18FNO3. The van der Waals surface area contributed by atoms with E-state index in [9.17, 15) is 14.0 Å². The SMILES string of the molecule is C[C@H](OC(=O)/C=C/c1ccccc1F)C(=O)Nc1cccc2ccccc12. The Morgan fingerprint density at radius 1 is 1.00 bits per heavy atom. The largest absolute Gasteiger partial charge is 0.449 e. The molecule has 1 N–H and O–H groups in total. The molecule has 0 aliphatic heterocycles. The summed E-state index contributed by atoms with van der Waals surface area (Å²) in [6.45, 7) is 1.48. The lowest BCUT2D eigenvalue weighted by molar-refractivity contribution is -0.148. The third-order valence-electron chi connectivity index (χ3n) is 4.01. The Balaban J connectivity index is 1.63. The topological polar surface area (TPSA) is 55.4 Å². The number of fused-ring (bicyclic) bond motifs is 1. The lowest BCUT2D eigenvalue weighted by Gasteiger charge is -2.14. The summed E-state index contributed by atoms with van der Waals surface area (Å²) in [6, 6.07) is 19.3. The van der Waals surface area contributed by atoms with Gasteiger partial charge in [0.05, 0.1) is 0 Å². The van der Waals surface area contributed by atoms with Crippen LogP contribution in [0.5, 0.6) is 0 Å². The molecule has 0 aliphatic carbocycles. The van der Waals surface area contributed by atoms with E-state index in [1.165, 1.54) is 25.1 Å². The first kappa shape index (κ1) is 18.3. The maximum atomic E-state index is 13.5. The molecule has 0 spiro atoms. The van der Waals surface area contributed by atoms with E-state index >= 15 is 0 Å². The summed E-state index contributed by atoms with van der Waals surface area (Å²) < 4.78 is 18.6. The Morgan fingerprint density at radius 2 is 1.70 bits per heavy atom. The lowest BCUT2D eigenvalue weighted by atomic mass is 10.1. The van der Waals surface area contributed by atoms with Gasteiger partial charge in [-0.05, 0) is 30.5 Å². The molecule has 136 valence electrons. The number of rotatable bonds is 5. The fourth-order valence-electron chi connectivity index (χ4n) is 2.60. The smallest absolute Gasteiger partial charge is 0.331 e. The molecule has 0 bridgehead atoms. The fourth-order valence-corrected chi connectivity index (χ4v) is 2.60. The van der Waals surface area contributed by atoms with Gasteiger partial charge in [0.15, 0.2) is 6.10 Å². The lowest BCUT2D eigenvalue weighted by Crippen LogP contribution is -2.29. The van der Waals surface area contributed by atoms with Crippen molar-refractivity contribution in [3.8, 4) is 0 Å². The van der Waals surface area contributed by atoms with Crippen molar-refractivity contribution in [1.82, 2.24) is 0 Å². The van der Waals surface area contributed by atoms with Crippen molar-refractivity contribution in [2.75, 3.05) is 5.32 Å². The van der Waals surface area contributed by atoms with Gasteiger partial charge in [0.2, 0.25) is 0 Å². The van der Waals surface area contributed by atoms with Crippen LogP contribution in [0.25, 0.3) is 16.8 Å². The number of carbonyl (C=O) groups is 2. The summed E-state index contributed by atoms with van der Waals surface area (Å²) in [7, 11) is 0. The van der Waals surface area contributed by atoms with E-state index in [1.54, 1.807) is 18.2 Å². The van der Waals surface area contributed by atoms with Crippen LogP contribution in [0.3, 0.4) is 0 Å². The number of hydrogen-bond acceptors (Lipinski definition) is 3. The molecule has 0 radical (unpaired) electrons. The van der Waals surface area contributed by atoms with Gasteiger partial charge in [0, 0.05) is 22.7 Å². The molecule has 3 rings (SSSR count). The van der Waals surface area contributed by atoms with Crippen molar-refractivity contribution in [2.24, 2.45) is 0 Å². The number of carbonyl (C=O) groups excluding carboxylic acids is 2. The van der Waals surface area contributed by atoms with Crippen molar-refractivity contribution in [2.45, 2.75) is 13.0 Å². The second-order valence-corrected chi connectivity index (χ2v) is 5.95. The van der Waals surface area contributed by atoms with Crippen LogP contribution in [-0.4, -0.2) is 18.0 Å². The molecule has 5 heteroatoms. The van der Waals surface area contributed by atoms with E-state index in [-0.39, 0.29) is 5.56 Å². The summed E-state index contributed by atoms with van der Waals surface area (Å²) >= 11 is 0. The highest BCUT2D eigenvalue weighted by Crippen LogP contribution is 2.23. The standard InChI is InChI=1S/C22H18FNO3/c1-15(27-21(25)14-13-17-8-3-5-11-19(17)23)22(26)24-20-12-6-9-16-7-2-4-10-18(16)20/h2-15H,1H3,(H,24,26)/b14-13+/t15-/m0/s1. The Morgan fingerprint density at radius 3 is 2.52 bits per heavy atom. The summed E-state index contributed by atoms with van der Waals surface area (Å²) in [5, 5.41) is 4.66. The maximum absolute atomic E-state index is 13.5. The number of halogens is 1. The summed E-state index contributed by atoms with van der Waals surface area (Å²) in [5.74, 6) is -1.61. The van der Waals surface area contributed by atoms with Crippen LogP contribution in [0, 0.1) is 5.82 Å². The summed E-state index contributed by atoms with van der Waals surface area (Å²) in [4.78, 5) is 24.2. The van der Waals surface area contributed by atoms with Crippen molar-refractivity contribution >= 4 is 34.4 Å². The first-order valence-electron chi connectivity index (χ1n) is 8.46. The fraction of sp³-hybridized carbons (Fsp3) is 0.0909. The van der Waals surface area contributed by atoms with Crippen LogP contribution < -0.4 is 5.32 Å². The molecule has 0 saturated heterocycles. The van der Waals surface area contributed by atoms with Gasteiger partial charge in [-0.1, -0.05) is 54.6 Å². The molecule has 0 heterocycles. The monoisotopic (exact) mass is 363 g/mol. The van der Waals surface area contributed by atoms with Gasteiger partial charge in [-0.25, -0.2) is 9.18 Å². The predicted octanol–water partition coefficient (Wildman–Crippen LogP) is 4.56. The number of benzene rings is 3. The number of esters is 1. The molecular weight excluding hydrogens is 345 g/mol. The van der Waals surface area contributed by atoms with Gasteiger partial charge in [0.1, 0.15) is 5.82 Å². The van der Waals surface area contributed by atoms with E-state index < -0.39 is 23.8 Å². The van der Waals surface area contributed by atoms with E-state index in [1.807, 2.05) is 36.4 Å². The first-order chi connectivity index (χ1) is 13.0. The molecule has 3 aromatic rings. The highest BCUT2D eigenvalue weighted by molar-refractivity contribution is 6.04. The molecule has 4 nitrogen and oxygen atoms in total. The van der Waals surface area contributed by atoms with Gasteiger partial charge < -0.3 is 10.1 Å². The van der Waals surface area contributed by atoms with Crippen molar-refractivity contribution < 1.29 is 18.7 Å². The van der Waals surface area contributed by atoms with Gasteiger partial charge in [-0.15, -0.1) is 0 Å². The minimum absolute atomic E-state index is 0.266. The minimum atomic E-state index is -0.998. The van der Waals surface area contributed by atoms with Gasteiger partial charge in [-0.3, -0.25) is 4.79 Å². The molecule has 0 aliphatic rings. The molecule has 27 heavy (non-hydrogen) atoms. The molecule has 1 amide bonds. The molecule has 3 aromatic carbocycles. The Hall–Kier alpha value is -3.47. The zero-order valence-electron chi connectivity index (χ0n) is 14.7. The zero-order chi connectivity index (χ0) is 19.2. The number of anilines is 1. The molecule has 0 unspecified atom stereocenters. The maximum Gasteiger partial charge on any atom is 0.331 e. The molecule has 0 saturated carbocycles. The predicted molar refractivity (Wildman–Crippen MR) is 104 cm³/mol. The highest BCUT2D eigenvalue weighted by Gasteiger charge is 2.17. The number of nitrogens with one attached hydrogen (secondary N) is 1. The zero-order valence-corrected chi connectivity index (χ0v) is 14.7. The van der Waals surface area contributed by atoms with Crippen LogP contribution in [0.4, 0.5) is 10.1 Å². The summed E-state index contributed by atoms with van der Waals surface area (Å²) in [6.07, 6.45) is 1.41. The highest BCUT2D eigenvalue weighted by atomic mass is 19.1. The molecule has 0 aromatic heterocycles. The second-order valence-electron chi connectivity index (χ2n) is 5.95. The molecule has 1 atom stereocenters. The first-order valence-corrected chi connectivity index (χ1v) is 8.46. The second kappa shape index (κ2) is 8.27. The van der Waals surface area contributed by atoms with E-state index in [2.05, 4.69) is 5.32 Å². The van der Waals surface area contributed by atoms with Crippen LogP contribution in [0.1, 0.15) is 12.5 Å².